The Hall–Kier alpha value is 1.58. The molecule has 0 aromatic rings. The molecule has 0 amide bonds. The minimum atomic E-state index is 0. The van der Waals surface area contributed by atoms with Crippen molar-refractivity contribution in [1.82, 2.24) is 0 Å². The van der Waals surface area contributed by atoms with Crippen molar-refractivity contribution in [2.24, 2.45) is 0 Å². The van der Waals surface area contributed by atoms with Crippen molar-refractivity contribution in [3.63, 3.8) is 0 Å². The summed E-state index contributed by atoms with van der Waals surface area (Å²) in [4.78, 5) is 0. The maximum atomic E-state index is 8.06. The molecule has 9 heteroatoms. The van der Waals surface area contributed by atoms with Crippen LogP contribution in [0, 0.1) is 0 Å². The normalized spacial score (nSPS) is 0.667. The molecule has 0 aromatic heterocycles. The van der Waals surface area contributed by atoms with Gasteiger partial charge >= 0.3 is 67.0 Å². The summed E-state index contributed by atoms with van der Waals surface area (Å²) in [6.07, 6.45) is 0. The number of rotatable bonds is 0. The molecular formula is O6SiZr2. The van der Waals surface area contributed by atoms with Gasteiger partial charge in [-0.25, -0.2) is 0 Å². The van der Waals surface area contributed by atoms with Crippen LogP contribution in [0.15, 0.2) is 0 Å². The topological polar surface area (TPSA) is 160 Å². The largest absolute Gasteiger partial charge is 4.00 e. The Bertz CT molecular complexity index is 11.0. The third kappa shape index (κ3) is 220. The van der Waals surface area contributed by atoms with Crippen molar-refractivity contribution >= 4 is 10.1 Å². The fourth-order valence-corrected chi connectivity index (χ4v) is 0. The molecule has 0 unspecified atom stereocenters. The first-order valence-electron chi connectivity index (χ1n) is 0.204. The van der Waals surface area contributed by atoms with Crippen LogP contribution in [0.3, 0.4) is 0 Å². The van der Waals surface area contributed by atoms with Crippen molar-refractivity contribution < 1.29 is 84.2 Å². The fourth-order valence-electron chi connectivity index (χ4n) is 0. The first kappa shape index (κ1) is 146. The Morgan fingerprint density at radius 3 is 0.556 bits per heavy atom. The molecule has 0 N–H and O–H groups in total. The van der Waals surface area contributed by atoms with Gasteiger partial charge in [0.2, 0.25) is 0 Å². The predicted molar refractivity (Wildman–Crippen MR) is 9.87 cm³/mol. The maximum absolute atomic E-state index is 8.06. The van der Waals surface area contributed by atoms with Gasteiger partial charge in [-0.15, -0.1) is 0 Å². The van der Waals surface area contributed by atoms with Crippen molar-refractivity contribution in [3.8, 4) is 0 Å². The summed E-state index contributed by atoms with van der Waals surface area (Å²) in [6, 6.07) is 0. The summed E-state index contributed by atoms with van der Waals surface area (Å²) in [5.74, 6) is 0. The molecule has 0 aliphatic carbocycles. The van der Waals surface area contributed by atoms with Crippen LogP contribution in [0.2, 0.25) is 0 Å². The summed E-state index contributed by atoms with van der Waals surface area (Å²) in [5.41, 5.74) is 0. The zero-order chi connectivity index (χ0) is 2.00. The first-order valence-corrected chi connectivity index (χ1v) is 0.612. The van der Waals surface area contributed by atoms with E-state index in [9.17, 15) is 0 Å². The monoisotopic (exact) mass is 304 g/mol. The molecule has 0 bridgehead atoms. The van der Waals surface area contributed by atoms with Crippen LogP contribution in [-0.2, 0) is 84.2 Å². The van der Waals surface area contributed by atoms with Crippen LogP contribution < -0.4 is 0 Å². The second-order valence-corrected chi connectivity index (χ2v) is 0. The van der Waals surface area contributed by atoms with Gasteiger partial charge in [0.05, 0.1) is 0 Å². The molecule has 9 heavy (non-hydrogen) atoms. The van der Waals surface area contributed by atoms with Crippen LogP contribution >= 0.6 is 0 Å². The van der Waals surface area contributed by atoms with Crippen LogP contribution in [0.1, 0.15) is 0 Å². The zero-order valence-electron chi connectivity index (χ0n) is 3.95. The van der Waals surface area contributed by atoms with Crippen LogP contribution in [0.25, 0.3) is 0 Å². The summed E-state index contributed by atoms with van der Waals surface area (Å²) < 4.78 is 8.06. The molecule has 0 saturated carbocycles. The Morgan fingerprint density at radius 1 is 0.556 bits per heavy atom. The Labute approximate surface area is 93.7 Å². The van der Waals surface area contributed by atoms with Gasteiger partial charge in [-0.05, 0) is 0 Å². The van der Waals surface area contributed by atoms with Gasteiger partial charge in [0.1, 0.15) is 0 Å². The average Bonchev–Trinajstić information content (AvgIpc) is 1.00. The first-order chi connectivity index (χ1) is 1.00. The van der Waals surface area contributed by atoms with E-state index in [1.807, 2.05) is 0 Å². The summed E-state index contributed by atoms with van der Waals surface area (Å²) in [7, 11) is 1.72. The Balaban J connectivity index is -0.000000000238. The predicted octanol–water partition coefficient (Wildman–Crippen LogP) is -1.10. The molecule has 0 radical (unpaired) electrons. The molecule has 0 aliphatic heterocycles. The van der Waals surface area contributed by atoms with E-state index < -0.39 is 0 Å². The molecule has 0 rings (SSSR count). The van der Waals surface area contributed by atoms with Crippen LogP contribution in [-0.4, -0.2) is 10.1 Å². The fraction of sp³-hybridized carbons (Fsp3) is 0. The zero-order valence-corrected chi connectivity index (χ0v) is 9.87. The van der Waals surface area contributed by atoms with Gasteiger partial charge in [-0.3, -0.25) is 0 Å². The van der Waals surface area contributed by atoms with Crippen molar-refractivity contribution in [2.75, 3.05) is 0 Å². The molecule has 0 heterocycles. The molecule has 0 aromatic carbocycles. The smallest absolute Gasteiger partial charge is 2.00 e. The van der Waals surface area contributed by atoms with E-state index in [0.29, 0.717) is 0 Å². The van der Waals surface area contributed by atoms with Gasteiger partial charge in [-0.1, -0.05) is 0 Å². The van der Waals surface area contributed by atoms with Crippen molar-refractivity contribution in [1.29, 1.82) is 0 Å². The number of hydrogen-bond donors (Lipinski definition) is 0. The quantitative estimate of drug-likeness (QED) is 0.511. The molecule has 0 spiro atoms. The molecular weight excluding hydrogens is 307 g/mol. The van der Waals surface area contributed by atoms with E-state index in [-0.39, 0.29) is 79.8 Å². The van der Waals surface area contributed by atoms with Crippen molar-refractivity contribution in [2.45, 2.75) is 0 Å². The molecule has 6 nitrogen and oxygen atoms in total. The summed E-state index contributed by atoms with van der Waals surface area (Å²) >= 11 is 0. The van der Waals surface area contributed by atoms with E-state index in [0.717, 1.165) is 0 Å². The van der Waals surface area contributed by atoms with E-state index in [1.54, 1.807) is 10.1 Å². The molecule has 0 saturated heterocycles. The van der Waals surface area contributed by atoms with E-state index >= 15 is 0 Å². The van der Waals surface area contributed by atoms with Gasteiger partial charge in [-0.2, -0.15) is 0 Å². The molecule has 0 aliphatic rings. The van der Waals surface area contributed by atoms with Gasteiger partial charge in [0.15, 0.2) is 0 Å². The van der Waals surface area contributed by atoms with Crippen LogP contribution in [0.5, 0.6) is 0 Å². The Kier molecular flexibility index (Phi) is 4560. The van der Waals surface area contributed by atoms with Crippen molar-refractivity contribution in [3.05, 3.63) is 0 Å². The minimum absolute atomic E-state index is 0. The number of hydrogen-bond acceptors (Lipinski definition) is 1. The second-order valence-electron chi connectivity index (χ2n) is 0. The van der Waals surface area contributed by atoms with E-state index in [2.05, 4.69) is 0 Å². The minimum Gasteiger partial charge on any atom is -2.00 e. The average molecular weight is 307 g/mol. The molecule has 0 fully saturated rings. The summed E-state index contributed by atoms with van der Waals surface area (Å²) in [5, 5.41) is 0. The van der Waals surface area contributed by atoms with E-state index in [4.69, 9.17) is 4.46 Å². The maximum Gasteiger partial charge on any atom is 4.00 e. The molecule has 0 atom stereocenters. The van der Waals surface area contributed by atoms with Crippen LogP contribution in [0.4, 0.5) is 0 Å². The summed E-state index contributed by atoms with van der Waals surface area (Å²) in [6.45, 7) is 0. The third-order valence-electron chi connectivity index (χ3n) is 0. The third-order valence-corrected chi connectivity index (χ3v) is 0. The van der Waals surface area contributed by atoms with E-state index in [1.165, 1.54) is 0 Å². The van der Waals surface area contributed by atoms with Gasteiger partial charge in [0, 0.05) is 0 Å². The SMILES string of the molecule is O=[Si+2].[O-2].[O-2].[O-2].[O-2].[O-2].[Zr+4].[Zr+4]. The Morgan fingerprint density at radius 2 is 0.556 bits per heavy atom. The molecule has 48 valence electrons. The van der Waals surface area contributed by atoms with Gasteiger partial charge < -0.3 is 27.4 Å². The standard InChI is InChI=1S/OSi.5O.2Zr/c1-2;;;;;;;/q+2;5*-2;2*+4. The second kappa shape index (κ2) is 282. The van der Waals surface area contributed by atoms with Gasteiger partial charge in [0.25, 0.3) is 0 Å².